The van der Waals surface area contributed by atoms with Gasteiger partial charge in [0.25, 0.3) is 0 Å². The lowest BCUT2D eigenvalue weighted by Crippen LogP contribution is -2.43. The Kier molecular flexibility index (Phi) is 5.34. The molecule has 3 nitrogen and oxygen atoms in total. The highest BCUT2D eigenvalue weighted by molar-refractivity contribution is 9.09. The number of fused-ring (bicyclic) bond motifs is 1. The molecule has 1 fully saturated rings. The van der Waals surface area contributed by atoms with Crippen LogP contribution >= 0.6 is 15.9 Å². The summed E-state index contributed by atoms with van der Waals surface area (Å²) < 4.78 is 0. The average molecular weight is 375 g/mol. The van der Waals surface area contributed by atoms with Crippen molar-refractivity contribution >= 4 is 21.8 Å². The maximum absolute atomic E-state index is 12.3. The van der Waals surface area contributed by atoms with E-state index in [-0.39, 0.29) is 11.8 Å². The molecule has 4 heteroatoms. The Balaban J connectivity index is 1.99. The molecule has 23 heavy (non-hydrogen) atoms. The number of hydrogen-bond donors (Lipinski definition) is 1. The van der Waals surface area contributed by atoms with Crippen LogP contribution in [0.2, 0.25) is 0 Å². The molecule has 122 valence electrons. The van der Waals surface area contributed by atoms with Gasteiger partial charge in [0.1, 0.15) is 0 Å². The van der Waals surface area contributed by atoms with Gasteiger partial charge in [-0.2, -0.15) is 0 Å². The van der Waals surface area contributed by atoms with Crippen LogP contribution in [0, 0.1) is 0 Å². The molecule has 2 unspecified atom stereocenters. The summed E-state index contributed by atoms with van der Waals surface area (Å²) >= 11 is 3.71. The van der Waals surface area contributed by atoms with Crippen molar-refractivity contribution in [3.05, 3.63) is 59.3 Å². The fourth-order valence-corrected chi connectivity index (χ4v) is 3.87. The Morgan fingerprint density at radius 2 is 2.09 bits per heavy atom. The molecule has 0 bridgehead atoms. The normalized spacial score (nSPS) is 25.6. The first kappa shape index (κ1) is 16.5. The van der Waals surface area contributed by atoms with Gasteiger partial charge in [-0.1, -0.05) is 65.3 Å². The number of nitrogens with zero attached hydrogens (tertiary/aromatic N) is 1. The first-order chi connectivity index (χ1) is 11.2. The third-order valence-electron chi connectivity index (χ3n) is 4.42. The minimum absolute atomic E-state index is 0.0927. The summed E-state index contributed by atoms with van der Waals surface area (Å²) in [6, 6.07) is 10.6. The van der Waals surface area contributed by atoms with Gasteiger partial charge in [0, 0.05) is 23.0 Å². The molecule has 3 rings (SSSR count). The monoisotopic (exact) mass is 374 g/mol. The molecule has 1 aliphatic carbocycles. The van der Waals surface area contributed by atoms with Crippen molar-refractivity contribution in [2.75, 3.05) is 19.6 Å². The standard InChI is InChI=1S/C19H23BrN2O/c1-2-10-22-12-17(14-6-4-3-5-7-14)16-11-15(20)8-9-18(16)21-19(23)13-22/h3-7,9,11,15,17H,2,8,10,12-13H2,1H3,(H,21,23). The molecule has 2 aliphatic rings. The van der Waals surface area contributed by atoms with Crippen LogP contribution in [0.3, 0.4) is 0 Å². The lowest BCUT2D eigenvalue weighted by molar-refractivity contribution is -0.121. The Morgan fingerprint density at radius 3 is 2.83 bits per heavy atom. The maximum Gasteiger partial charge on any atom is 0.238 e. The predicted octanol–water partition coefficient (Wildman–Crippen LogP) is 3.59. The van der Waals surface area contributed by atoms with Gasteiger partial charge >= 0.3 is 0 Å². The van der Waals surface area contributed by atoms with E-state index >= 15 is 0 Å². The molecular formula is C19H23BrN2O. The number of nitrogens with one attached hydrogen (secondary N) is 1. The molecule has 1 aliphatic heterocycles. The molecule has 0 radical (unpaired) electrons. The summed E-state index contributed by atoms with van der Waals surface area (Å²) in [6.07, 6.45) is 6.39. The molecule has 1 heterocycles. The van der Waals surface area contributed by atoms with Gasteiger partial charge in [-0.25, -0.2) is 0 Å². The number of hydrogen-bond acceptors (Lipinski definition) is 2. The molecule has 1 aromatic carbocycles. The zero-order valence-corrected chi connectivity index (χ0v) is 15.1. The van der Waals surface area contributed by atoms with Crippen molar-refractivity contribution < 1.29 is 4.79 Å². The van der Waals surface area contributed by atoms with E-state index in [1.165, 1.54) is 11.1 Å². The van der Waals surface area contributed by atoms with Crippen LogP contribution in [0.5, 0.6) is 0 Å². The quantitative estimate of drug-likeness (QED) is 0.819. The van der Waals surface area contributed by atoms with E-state index in [4.69, 9.17) is 0 Å². The summed E-state index contributed by atoms with van der Waals surface area (Å²) in [7, 11) is 0. The second-order valence-corrected chi connectivity index (χ2v) is 7.41. The fourth-order valence-electron chi connectivity index (χ4n) is 3.40. The first-order valence-electron chi connectivity index (χ1n) is 8.31. The van der Waals surface area contributed by atoms with Crippen LogP contribution in [0.15, 0.2) is 53.8 Å². The van der Waals surface area contributed by atoms with Crippen molar-refractivity contribution in [3.63, 3.8) is 0 Å². The molecule has 0 aromatic heterocycles. The van der Waals surface area contributed by atoms with E-state index in [2.05, 4.69) is 75.6 Å². The molecule has 0 spiro atoms. The average Bonchev–Trinajstić information content (AvgIpc) is 2.54. The van der Waals surface area contributed by atoms with Gasteiger partial charge in [0.15, 0.2) is 0 Å². The fraction of sp³-hybridized carbons (Fsp3) is 0.421. The minimum atomic E-state index is 0.0927. The Morgan fingerprint density at radius 1 is 1.30 bits per heavy atom. The second kappa shape index (κ2) is 7.45. The zero-order chi connectivity index (χ0) is 16.2. The summed E-state index contributed by atoms with van der Waals surface area (Å²) in [4.78, 5) is 14.9. The highest BCUT2D eigenvalue weighted by Crippen LogP contribution is 2.35. The highest BCUT2D eigenvalue weighted by atomic mass is 79.9. The maximum atomic E-state index is 12.3. The van der Waals surface area contributed by atoms with E-state index in [0.717, 1.165) is 31.6 Å². The van der Waals surface area contributed by atoms with Crippen LogP contribution < -0.4 is 5.32 Å². The van der Waals surface area contributed by atoms with E-state index < -0.39 is 0 Å². The van der Waals surface area contributed by atoms with E-state index in [1.54, 1.807) is 0 Å². The second-order valence-electron chi connectivity index (χ2n) is 6.24. The number of halogens is 1. The Labute approximate surface area is 146 Å². The van der Waals surface area contributed by atoms with Gasteiger partial charge in [-0.05, 0) is 30.5 Å². The van der Waals surface area contributed by atoms with E-state index in [9.17, 15) is 4.79 Å². The van der Waals surface area contributed by atoms with Gasteiger partial charge in [-0.3, -0.25) is 9.69 Å². The molecule has 1 aromatic rings. The number of carbonyl (C=O) groups is 1. The molecule has 0 saturated carbocycles. The van der Waals surface area contributed by atoms with Crippen molar-refractivity contribution in [2.24, 2.45) is 0 Å². The van der Waals surface area contributed by atoms with Crippen molar-refractivity contribution in [3.8, 4) is 0 Å². The third-order valence-corrected chi connectivity index (χ3v) is 5.06. The molecule has 1 amide bonds. The van der Waals surface area contributed by atoms with Crippen LogP contribution in [-0.2, 0) is 4.79 Å². The van der Waals surface area contributed by atoms with Gasteiger partial charge < -0.3 is 5.32 Å². The zero-order valence-electron chi connectivity index (χ0n) is 13.5. The lowest BCUT2D eigenvalue weighted by Gasteiger charge is -2.34. The largest absolute Gasteiger partial charge is 0.325 e. The number of allylic oxidation sites excluding steroid dienone is 3. The van der Waals surface area contributed by atoms with Crippen molar-refractivity contribution in [1.29, 1.82) is 0 Å². The van der Waals surface area contributed by atoms with Crippen LogP contribution in [0.25, 0.3) is 0 Å². The summed E-state index contributed by atoms with van der Waals surface area (Å²) in [5, 5.41) is 3.12. The lowest BCUT2D eigenvalue weighted by atomic mass is 9.84. The van der Waals surface area contributed by atoms with Crippen molar-refractivity contribution in [2.45, 2.75) is 30.5 Å². The number of amides is 1. The molecule has 2 atom stereocenters. The molecule has 1 N–H and O–H groups in total. The van der Waals surface area contributed by atoms with Crippen LogP contribution in [0.1, 0.15) is 31.2 Å². The smallest absolute Gasteiger partial charge is 0.238 e. The summed E-state index contributed by atoms with van der Waals surface area (Å²) in [6.45, 7) is 4.46. The van der Waals surface area contributed by atoms with E-state index in [1.807, 2.05) is 0 Å². The molecule has 1 saturated heterocycles. The van der Waals surface area contributed by atoms with Crippen LogP contribution in [-0.4, -0.2) is 35.3 Å². The van der Waals surface area contributed by atoms with Gasteiger partial charge in [-0.15, -0.1) is 0 Å². The first-order valence-corrected chi connectivity index (χ1v) is 9.22. The van der Waals surface area contributed by atoms with Crippen LogP contribution in [0.4, 0.5) is 0 Å². The molecular weight excluding hydrogens is 352 g/mol. The van der Waals surface area contributed by atoms with Gasteiger partial charge in [0.05, 0.1) is 6.54 Å². The SMILES string of the molecule is CCCN1CC(=O)NC2=CCC(Br)C=C2C(c2ccccc2)C1. The number of alkyl halides is 1. The van der Waals surface area contributed by atoms with Crippen molar-refractivity contribution in [1.82, 2.24) is 10.2 Å². The Bertz CT molecular complexity index is 624. The number of carbonyl (C=O) groups excluding carboxylic acids is 1. The predicted molar refractivity (Wildman–Crippen MR) is 97.6 cm³/mol. The van der Waals surface area contributed by atoms with Gasteiger partial charge in [0.2, 0.25) is 5.91 Å². The minimum Gasteiger partial charge on any atom is -0.325 e. The Hall–Kier alpha value is -1.39. The van der Waals surface area contributed by atoms with E-state index in [0.29, 0.717) is 11.4 Å². The third kappa shape index (κ3) is 3.93. The number of rotatable bonds is 3. The number of benzene rings is 1. The summed E-state index contributed by atoms with van der Waals surface area (Å²) in [5.41, 5.74) is 3.54. The summed E-state index contributed by atoms with van der Waals surface area (Å²) in [5.74, 6) is 0.380. The topological polar surface area (TPSA) is 32.3 Å². The highest BCUT2D eigenvalue weighted by Gasteiger charge is 2.29.